The molecule has 0 bridgehead atoms. The summed E-state index contributed by atoms with van der Waals surface area (Å²) in [5, 5.41) is 5.56. The van der Waals surface area contributed by atoms with Crippen LogP contribution in [0.2, 0.25) is 0 Å². The molecule has 0 aliphatic carbocycles. The van der Waals surface area contributed by atoms with Crippen LogP contribution in [0, 0.1) is 11.2 Å². The first-order valence-corrected chi connectivity index (χ1v) is 10.9. The summed E-state index contributed by atoms with van der Waals surface area (Å²) in [4.78, 5) is 52.8. The average molecular weight is 428 g/mol. The normalized spacial score (nSPS) is 25.8. The van der Waals surface area contributed by atoms with Crippen LogP contribution in [0.25, 0.3) is 0 Å². The Bertz CT molecular complexity index is 978. The fourth-order valence-electron chi connectivity index (χ4n) is 5.49. The zero-order valence-corrected chi connectivity index (χ0v) is 17.2. The lowest BCUT2D eigenvalue weighted by molar-refractivity contribution is -0.136. The molecule has 1 aromatic carbocycles. The number of hydrogen-bond acceptors (Lipinski definition) is 6. The van der Waals surface area contributed by atoms with Gasteiger partial charge in [0.15, 0.2) is 0 Å². The van der Waals surface area contributed by atoms with Crippen molar-refractivity contribution in [3.8, 4) is 0 Å². The standard InChI is InChI=1S/C22H25FN4O4/c23-14-2-1-13-17(18(14)26-11-7-22(8-12-26)5-9-24-10-6-22)21(31)27(20(13)30)15-3-4-16(28)25-19(15)29/h1-2,15,24H,3-12H2,(H,25,28,29). The van der Waals surface area contributed by atoms with Gasteiger partial charge in [-0.25, -0.2) is 4.39 Å². The average Bonchev–Trinajstić information content (AvgIpc) is 3.00. The van der Waals surface area contributed by atoms with Crippen molar-refractivity contribution in [2.75, 3.05) is 31.1 Å². The van der Waals surface area contributed by atoms with Crippen molar-refractivity contribution in [3.63, 3.8) is 0 Å². The number of imide groups is 2. The monoisotopic (exact) mass is 428 g/mol. The Morgan fingerprint density at radius 2 is 1.68 bits per heavy atom. The molecule has 0 radical (unpaired) electrons. The van der Waals surface area contributed by atoms with E-state index in [1.807, 2.05) is 4.90 Å². The van der Waals surface area contributed by atoms with Gasteiger partial charge in [0.05, 0.1) is 16.8 Å². The fourth-order valence-corrected chi connectivity index (χ4v) is 5.49. The Balaban J connectivity index is 1.44. The Kier molecular flexibility index (Phi) is 4.80. The van der Waals surface area contributed by atoms with E-state index in [2.05, 4.69) is 10.6 Å². The molecule has 8 nitrogen and oxygen atoms in total. The second-order valence-corrected chi connectivity index (χ2v) is 9.00. The van der Waals surface area contributed by atoms with Crippen LogP contribution in [0.4, 0.5) is 10.1 Å². The molecule has 164 valence electrons. The first kappa shape index (κ1) is 20.1. The first-order chi connectivity index (χ1) is 14.9. The van der Waals surface area contributed by atoms with Gasteiger partial charge in [-0.1, -0.05) is 0 Å². The zero-order chi connectivity index (χ0) is 21.8. The van der Waals surface area contributed by atoms with Crippen molar-refractivity contribution in [2.45, 2.75) is 44.6 Å². The Morgan fingerprint density at radius 3 is 2.35 bits per heavy atom. The van der Waals surface area contributed by atoms with Crippen LogP contribution in [0.15, 0.2) is 12.1 Å². The number of piperidine rings is 3. The van der Waals surface area contributed by atoms with Crippen molar-refractivity contribution in [1.82, 2.24) is 15.5 Å². The van der Waals surface area contributed by atoms with E-state index in [1.54, 1.807) is 0 Å². The fraction of sp³-hybridized carbons (Fsp3) is 0.545. The van der Waals surface area contributed by atoms with Gasteiger partial charge in [0.25, 0.3) is 11.8 Å². The van der Waals surface area contributed by atoms with Gasteiger partial charge in [-0.15, -0.1) is 0 Å². The van der Waals surface area contributed by atoms with Crippen LogP contribution in [0.3, 0.4) is 0 Å². The lowest BCUT2D eigenvalue weighted by Crippen LogP contribution is -2.54. The van der Waals surface area contributed by atoms with E-state index < -0.39 is 35.5 Å². The molecule has 2 N–H and O–H groups in total. The molecule has 3 fully saturated rings. The van der Waals surface area contributed by atoms with Crippen LogP contribution in [0.5, 0.6) is 0 Å². The third kappa shape index (κ3) is 3.22. The maximum Gasteiger partial charge on any atom is 0.264 e. The highest BCUT2D eigenvalue weighted by Gasteiger charge is 2.47. The molecule has 1 unspecified atom stereocenters. The van der Waals surface area contributed by atoms with Crippen molar-refractivity contribution in [3.05, 3.63) is 29.1 Å². The maximum absolute atomic E-state index is 15.0. The molecule has 0 saturated carbocycles. The molecule has 4 aliphatic rings. The minimum atomic E-state index is -1.06. The van der Waals surface area contributed by atoms with Crippen LogP contribution in [-0.4, -0.2) is 60.7 Å². The van der Waals surface area contributed by atoms with E-state index in [-0.39, 0.29) is 35.1 Å². The smallest absolute Gasteiger partial charge is 0.264 e. The summed E-state index contributed by atoms with van der Waals surface area (Å²) in [6.07, 6.45) is 4.14. The lowest BCUT2D eigenvalue weighted by atomic mass is 9.71. The molecule has 1 aromatic rings. The van der Waals surface area contributed by atoms with Crippen molar-refractivity contribution >= 4 is 29.3 Å². The number of amides is 4. The summed E-state index contributed by atoms with van der Waals surface area (Å²) < 4.78 is 15.0. The van der Waals surface area contributed by atoms with E-state index in [0.717, 1.165) is 43.7 Å². The number of rotatable bonds is 2. The van der Waals surface area contributed by atoms with Crippen LogP contribution in [0.1, 0.15) is 59.2 Å². The van der Waals surface area contributed by atoms with E-state index in [1.165, 1.54) is 12.1 Å². The Morgan fingerprint density at radius 1 is 0.968 bits per heavy atom. The third-order valence-electron chi connectivity index (χ3n) is 7.34. The molecule has 1 spiro atoms. The predicted octanol–water partition coefficient (Wildman–Crippen LogP) is 1.20. The SMILES string of the molecule is O=C1CCC(N2C(=O)c3ccc(F)c(N4CCC5(CCNCC5)CC4)c3C2=O)C(=O)N1. The van der Waals surface area contributed by atoms with Gasteiger partial charge in [0.1, 0.15) is 11.9 Å². The number of hydrogen-bond donors (Lipinski definition) is 2. The quantitative estimate of drug-likeness (QED) is 0.687. The van der Waals surface area contributed by atoms with E-state index in [4.69, 9.17) is 0 Å². The number of fused-ring (bicyclic) bond motifs is 1. The van der Waals surface area contributed by atoms with Crippen LogP contribution in [-0.2, 0) is 9.59 Å². The predicted molar refractivity (Wildman–Crippen MR) is 109 cm³/mol. The van der Waals surface area contributed by atoms with Gasteiger partial charge in [0.2, 0.25) is 11.8 Å². The zero-order valence-electron chi connectivity index (χ0n) is 17.2. The van der Waals surface area contributed by atoms with Crippen LogP contribution >= 0.6 is 0 Å². The third-order valence-corrected chi connectivity index (χ3v) is 7.34. The van der Waals surface area contributed by atoms with E-state index in [9.17, 15) is 19.2 Å². The lowest BCUT2D eigenvalue weighted by Gasteiger charge is -2.45. The molecule has 0 aromatic heterocycles. The number of benzene rings is 1. The minimum absolute atomic E-state index is 0.0379. The molecule has 3 saturated heterocycles. The number of anilines is 1. The number of nitrogens with one attached hydrogen (secondary N) is 2. The molecule has 9 heteroatoms. The largest absolute Gasteiger partial charge is 0.368 e. The van der Waals surface area contributed by atoms with Gasteiger partial charge < -0.3 is 10.2 Å². The van der Waals surface area contributed by atoms with E-state index in [0.29, 0.717) is 13.1 Å². The summed E-state index contributed by atoms with van der Waals surface area (Å²) in [7, 11) is 0. The summed E-state index contributed by atoms with van der Waals surface area (Å²) >= 11 is 0. The second kappa shape index (κ2) is 7.40. The summed E-state index contributed by atoms with van der Waals surface area (Å²) in [6.45, 7) is 3.21. The number of nitrogens with zero attached hydrogens (tertiary/aromatic N) is 2. The topological polar surface area (TPSA) is 98.8 Å². The highest BCUT2D eigenvalue weighted by molar-refractivity contribution is 6.25. The van der Waals surface area contributed by atoms with Gasteiger partial charge in [-0.05, 0) is 62.7 Å². The minimum Gasteiger partial charge on any atom is -0.368 e. The van der Waals surface area contributed by atoms with Crippen molar-refractivity contribution in [2.24, 2.45) is 5.41 Å². The number of carbonyl (C=O) groups is 4. The summed E-state index contributed by atoms with van der Waals surface area (Å²) in [5.41, 5.74) is 0.577. The number of carbonyl (C=O) groups excluding carboxylic acids is 4. The van der Waals surface area contributed by atoms with Gasteiger partial charge in [0, 0.05) is 19.5 Å². The molecule has 4 heterocycles. The molecule has 4 aliphatic heterocycles. The second-order valence-electron chi connectivity index (χ2n) is 9.00. The van der Waals surface area contributed by atoms with Crippen molar-refractivity contribution in [1.29, 1.82) is 0 Å². The molecule has 31 heavy (non-hydrogen) atoms. The van der Waals surface area contributed by atoms with Crippen molar-refractivity contribution < 1.29 is 23.6 Å². The van der Waals surface area contributed by atoms with E-state index >= 15 is 4.39 Å². The van der Waals surface area contributed by atoms with Gasteiger partial charge >= 0.3 is 0 Å². The number of halogens is 1. The summed E-state index contributed by atoms with van der Waals surface area (Å²) in [5.74, 6) is -2.90. The summed E-state index contributed by atoms with van der Waals surface area (Å²) in [6, 6.07) is 1.49. The van der Waals surface area contributed by atoms with Gasteiger partial charge in [-0.2, -0.15) is 0 Å². The molecule has 5 rings (SSSR count). The highest BCUT2D eigenvalue weighted by Crippen LogP contribution is 2.43. The first-order valence-electron chi connectivity index (χ1n) is 10.9. The molecular formula is C22H25FN4O4. The van der Waals surface area contributed by atoms with Crippen LogP contribution < -0.4 is 15.5 Å². The molecular weight excluding hydrogens is 403 g/mol. The van der Waals surface area contributed by atoms with Gasteiger partial charge in [-0.3, -0.25) is 29.4 Å². The molecule has 4 amide bonds. The highest BCUT2D eigenvalue weighted by atomic mass is 19.1. The Labute approximate surface area is 179 Å². The molecule has 1 atom stereocenters. The Hall–Kier alpha value is -2.81. The maximum atomic E-state index is 15.0.